The van der Waals surface area contributed by atoms with Crippen molar-refractivity contribution < 1.29 is 4.74 Å². The summed E-state index contributed by atoms with van der Waals surface area (Å²) in [6.45, 7) is 2.23. The van der Waals surface area contributed by atoms with E-state index in [-0.39, 0.29) is 0 Å². The van der Waals surface area contributed by atoms with Gasteiger partial charge in [0.2, 0.25) is 5.88 Å². The molecule has 3 rings (SSSR count). The van der Waals surface area contributed by atoms with Crippen LogP contribution < -0.4 is 4.74 Å². The molecule has 0 aliphatic carbocycles. The zero-order valence-electron chi connectivity index (χ0n) is 13.3. The Kier molecular flexibility index (Phi) is 4.52. The molecule has 0 amide bonds. The van der Waals surface area contributed by atoms with Crippen molar-refractivity contribution in [2.45, 2.75) is 39.0 Å². The quantitative estimate of drug-likeness (QED) is 0.478. The van der Waals surface area contributed by atoms with Gasteiger partial charge in [0.15, 0.2) is 0 Å². The van der Waals surface area contributed by atoms with Crippen LogP contribution in [0.3, 0.4) is 0 Å². The third-order valence-electron chi connectivity index (χ3n) is 4.01. The van der Waals surface area contributed by atoms with Crippen LogP contribution in [0, 0.1) is 0 Å². The number of rotatable bonds is 6. The van der Waals surface area contributed by atoms with Crippen LogP contribution >= 0.6 is 0 Å². The lowest BCUT2D eigenvalue weighted by atomic mass is 10.1. The van der Waals surface area contributed by atoms with Gasteiger partial charge in [-0.1, -0.05) is 44.4 Å². The number of hydrogen-bond acceptors (Lipinski definition) is 3. The van der Waals surface area contributed by atoms with Crippen LogP contribution in [-0.4, -0.2) is 17.1 Å². The number of nitrogens with zero attached hydrogens (tertiary/aromatic N) is 2. The second kappa shape index (κ2) is 6.73. The third-order valence-corrected chi connectivity index (χ3v) is 4.01. The Bertz CT molecular complexity index is 783. The number of para-hydroxylation sites is 1. The summed E-state index contributed by atoms with van der Waals surface area (Å²) in [5.41, 5.74) is 3.06. The maximum atomic E-state index is 5.49. The fraction of sp³-hybridized carbons (Fsp3) is 0.368. The molecule has 0 unspecified atom stereocenters. The maximum Gasteiger partial charge on any atom is 0.222 e. The highest BCUT2D eigenvalue weighted by atomic mass is 16.5. The van der Waals surface area contributed by atoms with Gasteiger partial charge in [-0.2, -0.15) is 0 Å². The highest BCUT2D eigenvalue weighted by molar-refractivity contribution is 5.95. The first-order valence-electron chi connectivity index (χ1n) is 8.05. The largest absolute Gasteiger partial charge is 0.480 e. The number of methoxy groups -OCH3 is 1. The Labute approximate surface area is 131 Å². The lowest BCUT2D eigenvalue weighted by Gasteiger charge is -2.09. The normalized spacial score (nSPS) is 11.2. The summed E-state index contributed by atoms with van der Waals surface area (Å²) in [7, 11) is 1.68. The minimum Gasteiger partial charge on any atom is -0.480 e. The van der Waals surface area contributed by atoms with Crippen molar-refractivity contribution >= 4 is 21.8 Å². The van der Waals surface area contributed by atoms with E-state index >= 15 is 0 Å². The predicted molar refractivity (Wildman–Crippen MR) is 91.4 cm³/mol. The lowest BCUT2D eigenvalue weighted by Crippen LogP contribution is -1.97. The molecule has 0 spiro atoms. The first kappa shape index (κ1) is 14.8. The van der Waals surface area contributed by atoms with Crippen molar-refractivity contribution in [1.82, 2.24) is 9.97 Å². The molecule has 22 heavy (non-hydrogen) atoms. The molecule has 0 aliphatic heterocycles. The zero-order valence-corrected chi connectivity index (χ0v) is 13.3. The van der Waals surface area contributed by atoms with Gasteiger partial charge in [0.1, 0.15) is 0 Å². The van der Waals surface area contributed by atoms with E-state index in [1.807, 2.05) is 18.2 Å². The standard InChI is InChI=1S/C19H22N2O/c1-3-4-5-6-10-15-13-18-16(19(20-15)22-2)12-14-9-7-8-11-17(14)21-18/h7-9,11-13H,3-6,10H2,1-2H3. The van der Waals surface area contributed by atoms with E-state index in [4.69, 9.17) is 9.72 Å². The Morgan fingerprint density at radius 1 is 0.955 bits per heavy atom. The third kappa shape index (κ3) is 3.03. The highest BCUT2D eigenvalue weighted by Crippen LogP contribution is 2.27. The number of fused-ring (bicyclic) bond motifs is 2. The molecule has 2 aromatic heterocycles. The fourth-order valence-electron chi connectivity index (χ4n) is 2.81. The van der Waals surface area contributed by atoms with Crippen LogP contribution in [0.2, 0.25) is 0 Å². The van der Waals surface area contributed by atoms with Gasteiger partial charge in [-0.05, 0) is 31.0 Å². The topological polar surface area (TPSA) is 35.0 Å². The predicted octanol–water partition coefficient (Wildman–Crippen LogP) is 4.91. The second-order valence-corrected chi connectivity index (χ2v) is 5.68. The molecule has 0 saturated carbocycles. The molecule has 0 N–H and O–H groups in total. The summed E-state index contributed by atoms with van der Waals surface area (Å²) >= 11 is 0. The van der Waals surface area contributed by atoms with E-state index in [2.05, 4.69) is 30.1 Å². The van der Waals surface area contributed by atoms with Crippen LogP contribution in [0.15, 0.2) is 36.4 Å². The number of ether oxygens (including phenoxy) is 1. The summed E-state index contributed by atoms with van der Waals surface area (Å²) in [6.07, 6.45) is 5.95. The Hall–Kier alpha value is -2.16. The van der Waals surface area contributed by atoms with Gasteiger partial charge in [0.25, 0.3) is 0 Å². The van der Waals surface area contributed by atoms with Crippen LogP contribution in [0.1, 0.15) is 38.3 Å². The average Bonchev–Trinajstić information content (AvgIpc) is 2.56. The molecule has 3 aromatic rings. The van der Waals surface area contributed by atoms with Crippen molar-refractivity contribution in [3.8, 4) is 5.88 Å². The zero-order chi connectivity index (χ0) is 15.4. The lowest BCUT2D eigenvalue weighted by molar-refractivity contribution is 0.401. The van der Waals surface area contributed by atoms with Crippen LogP contribution in [0.4, 0.5) is 0 Å². The van der Waals surface area contributed by atoms with Crippen molar-refractivity contribution in [3.63, 3.8) is 0 Å². The van der Waals surface area contributed by atoms with E-state index in [1.165, 1.54) is 25.7 Å². The highest BCUT2D eigenvalue weighted by Gasteiger charge is 2.09. The molecular formula is C19H22N2O. The number of hydrogen-bond donors (Lipinski definition) is 0. The molecular weight excluding hydrogens is 272 g/mol. The molecule has 0 aliphatic rings. The second-order valence-electron chi connectivity index (χ2n) is 5.68. The van der Waals surface area contributed by atoms with Gasteiger partial charge >= 0.3 is 0 Å². The fourth-order valence-corrected chi connectivity index (χ4v) is 2.81. The van der Waals surface area contributed by atoms with Crippen molar-refractivity contribution in [2.24, 2.45) is 0 Å². The summed E-state index contributed by atoms with van der Waals surface area (Å²) < 4.78 is 5.49. The molecule has 0 saturated heterocycles. The Morgan fingerprint density at radius 3 is 2.64 bits per heavy atom. The van der Waals surface area contributed by atoms with E-state index in [0.717, 1.165) is 33.9 Å². The molecule has 2 heterocycles. The first-order chi connectivity index (χ1) is 10.8. The monoisotopic (exact) mass is 294 g/mol. The summed E-state index contributed by atoms with van der Waals surface area (Å²) in [4.78, 5) is 9.43. The molecule has 0 radical (unpaired) electrons. The molecule has 114 valence electrons. The van der Waals surface area contributed by atoms with Crippen molar-refractivity contribution in [1.29, 1.82) is 0 Å². The summed E-state index contributed by atoms with van der Waals surface area (Å²) in [5.74, 6) is 0.682. The van der Waals surface area contributed by atoms with Gasteiger partial charge in [-0.15, -0.1) is 0 Å². The summed E-state index contributed by atoms with van der Waals surface area (Å²) in [6, 6.07) is 12.4. The minimum atomic E-state index is 0.682. The Morgan fingerprint density at radius 2 is 1.82 bits per heavy atom. The van der Waals surface area contributed by atoms with E-state index in [9.17, 15) is 0 Å². The van der Waals surface area contributed by atoms with Gasteiger partial charge in [0, 0.05) is 11.1 Å². The molecule has 0 bridgehead atoms. The van der Waals surface area contributed by atoms with E-state index in [0.29, 0.717) is 5.88 Å². The molecule has 3 heteroatoms. The number of aromatic nitrogens is 2. The number of benzene rings is 1. The van der Waals surface area contributed by atoms with Crippen molar-refractivity contribution in [2.75, 3.05) is 7.11 Å². The molecule has 0 atom stereocenters. The van der Waals surface area contributed by atoms with Gasteiger partial charge in [0.05, 0.1) is 23.5 Å². The molecule has 3 nitrogen and oxygen atoms in total. The molecule has 0 fully saturated rings. The van der Waals surface area contributed by atoms with Crippen molar-refractivity contribution in [3.05, 3.63) is 42.1 Å². The van der Waals surface area contributed by atoms with Gasteiger partial charge in [-0.25, -0.2) is 9.97 Å². The maximum absolute atomic E-state index is 5.49. The Balaban J connectivity index is 2.00. The van der Waals surface area contributed by atoms with Gasteiger partial charge in [-0.3, -0.25) is 0 Å². The van der Waals surface area contributed by atoms with Crippen LogP contribution in [0.5, 0.6) is 5.88 Å². The first-order valence-corrected chi connectivity index (χ1v) is 8.05. The number of unbranched alkanes of at least 4 members (excludes halogenated alkanes) is 3. The number of aryl methyl sites for hydroxylation is 1. The average molecular weight is 294 g/mol. The van der Waals surface area contributed by atoms with Crippen LogP contribution in [-0.2, 0) is 6.42 Å². The van der Waals surface area contributed by atoms with E-state index in [1.54, 1.807) is 7.11 Å². The van der Waals surface area contributed by atoms with Crippen LogP contribution in [0.25, 0.3) is 21.8 Å². The minimum absolute atomic E-state index is 0.682. The number of pyridine rings is 2. The van der Waals surface area contributed by atoms with E-state index < -0.39 is 0 Å². The smallest absolute Gasteiger partial charge is 0.222 e. The van der Waals surface area contributed by atoms with Gasteiger partial charge < -0.3 is 4.74 Å². The SMILES string of the molecule is CCCCCCc1cc2nc3ccccc3cc2c(OC)n1. The summed E-state index contributed by atoms with van der Waals surface area (Å²) in [5, 5.41) is 2.10. The molecule has 1 aromatic carbocycles.